The predicted molar refractivity (Wildman–Crippen MR) is 104 cm³/mol. The minimum absolute atomic E-state index is 0.717. The molecular weight excluding hydrogens is 330 g/mol. The van der Waals surface area contributed by atoms with E-state index in [1.54, 1.807) is 20.5 Å². The van der Waals surface area contributed by atoms with E-state index < -0.39 is 0 Å². The van der Waals surface area contributed by atoms with E-state index in [4.69, 9.17) is 13.9 Å². The number of guanidine groups is 1. The number of hydrogen-bond acceptors (Lipinski definition) is 4. The Hall–Kier alpha value is -2.47. The van der Waals surface area contributed by atoms with Gasteiger partial charge in [0.05, 0.1) is 13.4 Å². The van der Waals surface area contributed by atoms with Crippen LogP contribution in [0.1, 0.15) is 17.7 Å². The van der Waals surface area contributed by atoms with Crippen LogP contribution in [0, 0.1) is 0 Å². The minimum atomic E-state index is 0.717. The first-order chi connectivity index (χ1) is 12.8. The molecule has 0 aliphatic rings. The highest BCUT2D eigenvalue weighted by Crippen LogP contribution is 2.11. The van der Waals surface area contributed by atoms with Gasteiger partial charge in [0, 0.05) is 39.8 Å². The molecule has 0 fully saturated rings. The fraction of sp³-hybridized carbons (Fsp3) is 0.450. The van der Waals surface area contributed by atoms with Gasteiger partial charge in [-0.15, -0.1) is 0 Å². The van der Waals surface area contributed by atoms with Crippen LogP contribution in [-0.2, 0) is 17.6 Å². The molecule has 2 rings (SSSR count). The first-order valence-corrected chi connectivity index (χ1v) is 8.98. The molecular formula is C20H29N3O3. The first kappa shape index (κ1) is 19.8. The largest absolute Gasteiger partial charge is 0.497 e. The fourth-order valence-electron chi connectivity index (χ4n) is 2.45. The second kappa shape index (κ2) is 12.0. The molecule has 1 aromatic carbocycles. The maximum Gasteiger partial charge on any atom is 0.191 e. The zero-order valence-corrected chi connectivity index (χ0v) is 15.7. The molecule has 26 heavy (non-hydrogen) atoms. The lowest BCUT2D eigenvalue weighted by Crippen LogP contribution is -2.39. The maximum absolute atomic E-state index is 5.36. The highest BCUT2D eigenvalue weighted by Gasteiger charge is 2.01. The van der Waals surface area contributed by atoms with E-state index >= 15 is 0 Å². The predicted octanol–water partition coefficient (Wildman–Crippen LogP) is 2.65. The van der Waals surface area contributed by atoms with Crippen LogP contribution in [-0.4, -0.2) is 46.4 Å². The van der Waals surface area contributed by atoms with Gasteiger partial charge < -0.3 is 24.5 Å². The summed E-state index contributed by atoms with van der Waals surface area (Å²) in [4.78, 5) is 4.60. The van der Waals surface area contributed by atoms with Crippen molar-refractivity contribution in [2.75, 3.05) is 40.5 Å². The van der Waals surface area contributed by atoms with Gasteiger partial charge in [-0.2, -0.15) is 0 Å². The number of nitrogens with one attached hydrogen (secondary N) is 2. The van der Waals surface area contributed by atoms with Crippen molar-refractivity contribution in [2.24, 2.45) is 4.99 Å². The van der Waals surface area contributed by atoms with E-state index in [9.17, 15) is 0 Å². The standard InChI is InChI=1S/C20H29N3O3/c1-24-15-4-12-21-20(23-14-11-19-5-3-16-26-19)22-13-10-17-6-8-18(25-2)9-7-17/h3,5-9,16H,4,10-15H2,1-2H3,(H2,21,22,23). The third-order valence-corrected chi connectivity index (χ3v) is 3.89. The summed E-state index contributed by atoms with van der Waals surface area (Å²) in [5.41, 5.74) is 1.26. The molecule has 0 radical (unpaired) electrons. The molecule has 0 spiro atoms. The topological polar surface area (TPSA) is 68.0 Å². The van der Waals surface area contributed by atoms with Gasteiger partial charge >= 0.3 is 0 Å². The molecule has 0 unspecified atom stereocenters. The van der Waals surface area contributed by atoms with Crippen molar-refractivity contribution >= 4 is 5.96 Å². The molecule has 0 amide bonds. The molecule has 1 aromatic heterocycles. The van der Waals surface area contributed by atoms with Crippen molar-refractivity contribution in [3.8, 4) is 5.75 Å². The van der Waals surface area contributed by atoms with Crippen molar-refractivity contribution < 1.29 is 13.9 Å². The molecule has 2 aromatic rings. The van der Waals surface area contributed by atoms with Crippen LogP contribution in [0.4, 0.5) is 0 Å². The van der Waals surface area contributed by atoms with Crippen LogP contribution in [0.25, 0.3) is 0 Å². The summed E-state index contributed by atoms with van der Waals surface area (Å²) in [5, 5.41) is 6.75. The van der Waals surface area contributed by atoms with Gasteiger partial charge in [-0.25, -0.2) is 0 Å². The Kier molecular flexibility index (Phi) is 9.14. The van der Waals surface area contributed by atoms with E-state index in [-0.39, 0.29) is 0 Å². The Bertz CT molecular complexity index is 624. The summed E-state index contributed by atoms with van der Waals surface area (Å²) in [6.45, 7) is 3.02. The lowest BCUT2D eigenvalue weighted by molar-refractivity contribution is 0.197. The number of benzene rings is 1. The molecule has 2 N–H and O–H groups in total. The summed E-state index contributed by atoms with van der Waals surface area (Å²) < 4.78 is 15.6. The van der Waals surface area contributed by atoms with Gasteiger partial charge in [0.2, 0.25) is 0 Å². The van der Waals surface area contributed by atoms with Gasteiger partial charge in [0.15, 0.2) is 5.96 Å². The molecule has 6 heteroatoms. The second-order valence-electron chi connectivity index (χ2n) is 5.86. The zero-order chi connectivity index (χ0) is 18.5. The molecule has 0 aliphatic carbocycles. The lowest BCUT2D eigenvalue weighted by Gasteiger charge is -2.12. The Morgan fingerprint density at radius 2 is 1.81 bits per heavy atom. The molecule has 1 heterocycles. The second-order valence-corrected chi connectivity index (χ2v) is 5.86. The van der Waals surface area contributed by atoms with Crippen LogP contribution in [0.3, 0.4) is 0 Å². The maximum atomic E-state index is 5.36. The number of furan rings is 1. The Morgan fingerprint density at radius 1 is 1.04 bits per heavy atom. The highest BCUT2D eigenvalue weighted by molar-refractivity contribution is 5.79. The summed E-state index contributed by atoms with van der Waals surface area (Å²) in [7, 11) is 3.39. The Balaban J connectivity index is 1.77. The smallest absolute Gasteiger partial charge is 0.191 e. The van der Waals surface area contributed by atoms with E-state index in [1.807, 2.05) is 24.3 Å². The average Bonchev–Trinajstić information content (AvgIpc) is 3.19. The Labute approximate surface area is 155 Å². The molecule has 0 saturated carbocycles. The third kappa shape index (κ3) is 7.61. The van der Waals surface area contributed by atoms with Crippen LogP contribution in [0.15, 0.2) is 52.1 Å². The minimum Gasteiger partial charge on any atom is -0.497 e. The van der Waals surface area contributed by atoms with Gasteiger partial charge in [-0.05, 0) is 42.7 Å². The number of nitrogens with zero attached hydrogens (tertiary/aromatic N) is 1. The number of rotatable bonds is 11. The van der Waals surface area contributed by atoms with Crippen molar-refractivity contribution in [3.63, 3.8) is 0 Å². The number of hydrogen-bond donors (Lipinski definition) is 2. The van der Waals surface area contributed by atoms with E-state index in [0.717, 1.165) is 63.0 Å². The normalized spacial score (nSPS) is 11.4. The van der Waals surface area contributed by atoms with Crippen LogP contribution >= 0.6 is 0 Å². The summed E-state index contributed by atoms with van der Waals surface area (Å²) in [6.07, 6.45) is 4.34. The van der Waals surface area contributed by atoms with Gasteiger partial charge in [-0.3, -0.25) is 4.99 Å². The third-order valence-electron chi connectivity index (χ3n) is 3.89. The Morgan fingerprint density at radius 3 is 2.46 bits per heavy atom. The monoisotopic (exact) mass is 359 g/mol. The SMILES string of the molecule is COCCCN=C(NCCc1ccc(OC)cc1)NCCc1ccco1. The van der Waals surface area contributed by atoms with Gasteiger partial charge in [0.1, 0.15) is 11.5 Å². The average molecular weight is 359 g/mol. The van der Waals surface area contributed by atoms with Crippen molar-refractivity contribution in [1.29, 1.82) is 0 Å². The van der Waals surface area contributed by atoms with E-state index in [1.165, 1.54) is 5.56 Å². The molecule has 0 saturated heterocycles. The number of ether oxygens (including phenoxy) is 2. The van der Waals surface area contributed by atoms with Crippen LogP contribution in [0.5, 0.6) is 5.75 Å². The highest BCUT2D eigenvalue weighted by atomic mass is 16.5. The van der Waals surface area contributed by atoms with Gasteiger partial charge in [-0.1, -0.05) is 12.1 Å². The quantitative estimate of drug-likeness (QED) is 0.367. The zero-order valence-electron chi connectivity index (χ0n) is 15.7. The summed E-state index contributed by atoms with van der Waals surface area (Å²) in [6, 6.07) is 12.0. The molecule has 0 aliphatic heterocycles. The lowest BCUT2D eigenvalue weighted by atomic mass is 10.1. The van der Waals surface area contributed by atoms with Gasteiger partial charge in [0.25, 0.3) is 0 Å². The molecule has 0 atom stereocenters. The molecule has 142 valence electrons. The fourth-order valence-corrected chi connectivity index (χ4v) is 2.45. The first-order valence-electron chi connectivity index (χ1n) is 8.98. The van der Waals surface area contributed by atoms with E-state index in [0.29, 0.717) is 0 Å². The molecule has 6 nitrogen and oxygen atoms in total. The van der Waals surface area contributed by atoms with Crippen molar-refractivity contribution in [3.05, 3.63) is 54.0 Å². The van der Waals surface area contributed by atoms with E-state index in [2.05, 4.69) is 27.8 Å². The van der Waals surface area contributed by atoms with Crippen molar-refractivity contribution in [2.45, 2.75) is 19.3 Å². The summed E-state index contributed by atoms with van der Waals surface area (Å²) in [5.74, 6) is 2.66. The number of methoxy groups -OCH3 is 2. The van der Waals surface area contributed by atoms with Crippen LogP contribution < -0.4 is 15.4 Å². The molecule has 0 bridgehead atoms. The summed E-state index contributed by atoms with van der Waals surface area (Å²) >= 11 is 0. The number of aliphatic imine (C=N–C) groups is 1. The van der Waals surface area contributed by atoms with Crippen LogP contribution in [0.2, 0.25) is 0 Å². The van der Waals surface area contributed by atoms with Crippen molar-refractivity contribution in [1.82, 2.24) is 10.6 Å².